The second-order valence-electron chi connectivity index (χ2n) is 6.01. The molecule has 3 rings (SSSR count). The van der Waals surface area contributed by atoms with Crippen molar-refractivity contribution in [3.63, 3.8) is 0 Å². The van der Waals surface area contributed by atoms with Gasteiger partial charge in [-0.3, -0.25) is 9.59 Å². The van der Waals surface area contributed by atoms with Gasteiger partial charge < -0.3 is 15.6 Å². The van der Waals surface area contributed by atoms with Crippen molar-refractivity contribution in [2.45, 2.75) is 13.3 Å². The third kappa shape index (κ3) is 4.39. The van der Waals surface area contributed by atoms with E-state index in [-0.39, 0.29) is 24.8 Å². The minimum atomic E-state index is -0.187. The summed E-state index contributed by atoms with van der Waals surface area (Å²) in [5.41, 5.74) is 4.06. The molecule has 0 spiro atoms. The number of carbonyl (C=O) groups is 2. The average molecular weight is 347 g/mol. The van der Waals surface area contributed by atoms with Crippen molar-refractivity contribution in [2.24, 2.45) is 0 Å². The van der Waals surface area contributed by atoms with Gasteiger partial charge in [0, 0.05) is 30.0 Å². The van der Waals surface area contributed by atoms with Crippen LogP contribution in [0.5, 0.6) is 0 Å². The number of rotatable bonds is 6. The molecule has 1 aromatic heterocycles. The number of amides is 2. The quantitative estimate of drug-likeness (QED) is 0.635. The van der Waals surface area contributed by atoms with Crippen LogP contribution in [0, 0.1) is 6.92 Å². The summed E-state index contributed by atoms with van der Waals surface area (Å²) in [4.78, 5) is 27.5. The van der Waals surface area contributed by atoms with E-state index in [4.69, 9.17) is 0 Å². The molecule has 5 heteroatoms. The number of H-pyrrole nitrogens is 1. The first kappa shape index (κ1) is 17.5. The van der Waals surface area contributed by atoms with Crippen LogP contribution >= 0.6 is 0 Å². The van der Waals surface area contributed by atoms with E-state index in [0.29, 0.717) is 5.56 Å². The summed E-state index contributed by atoms with van der Waals surface area (Å²) in [6.45, 7) is 2.15. The van der Waals surface area contributed by atoms with E-state index in [1.807, 2.05) is 73.7 Å². The molecular formula is C21H21N3O2. The molecule has 0 bridgehead atoms. The molecule has 2 aromatic carbocycles. The SMILES string of the molecule is Cc1[nH]c(-c2ccccc2)cc1C(=O)NCCC(=O)Nc1ccccc1. The third-order valence-corrected chi connectivity index (χ3v) is 4.04. The molecule has 3 aromatic rings. The zero-order chi connectivity index (χ0) is 18.4. The molecule has 0 atom stereocenters. The summed E-state index contributed by atoms with van der Waals surface area (Å²) in [5.74, 6) is -0.319. The van der Waals surface area contributed by atoms with E-state index < -0.39 is 0 Å². The van der Waals surface area contributed by atoms with Crippen LogP contribution in [0.3, 0.4) is 0 Å². The highest BCUT2D eigenvalue weighted by Gasteiger charge is 2.13. The van der Waals surface area contributed by atoms with Crippen molar-refractivity contribution in [1.29, 1.82) is 0 Å². The van der Waals surface area contributed by atoms with E-state index in [2.05, 4.69) is 15.6 Å². The number of nitrogens with one attached hydrogen (secondary N) is 3. The Hall–Kier alpha value is -3.34. The topological polar surface area (TPSA) is 74.0 Å². The Labute approximate surface area is 152 Å². The molecule has 5 nitrogen and oxygen atoms in total. The number of carbonyl (C=O) groups excluding carboxylic acids is 2. The maximum Gasteiger partial charge on any atom is 0.253 e. The summed E-state index contributed by atoms with van der Waals surface area (Å²) in [6.07, 6.45) is 0.218. The average Bonchev–Trinajstić information content (AvgIpc) is 3.05. The van der Waals surface area contributed by atoms with Crippen LogP contribution < -0.4 is 10.6 Å². The van der Waals surface area contributed by atoms with Crippen LogP contribution in [-0.4, -0.2) is 23.3 Å². The fourth-order valence-corrected chi connectivity index (χ4v) is 2.70. The summed E-state index contributed by atoms with van der Waals surface area (Å²) < 4.78 is 0. The Morgan fingerprint density at radius 2 is 1.62 bits per heavy atom. The highest BCUT2D eigenvalue weighted by molar-refractivity contribution is 5.97. The molecule has 26 heavy (non-hydrogen) atoms. The Balaban J connectivity index is 1.54. The molecule has 0 radical (unpaired) electrons. The van der Waals surface area contributed by atoms with Crippen LogP contribution in [0.1, 0.15) is 22.5 Å². The molecule has 0 fully saturated rings. The van der Waals surface area contributed by atoms with Crippen LogP contribution in [-0.2, 0) is 4.79 Å². The first-order chi connectivity index (χ1) is 12.6. The second-order valence-corrected chi connectivity index (χ2v) is 6.01. The van der Waals surface area contributed by atoms with Gasteiger partial charge in [0.25, 0.3) is 5.91 Å². The van der Waals surface area contributed by atoms with E-state index in [0.717, 1.165) is 22.6 Å². The molecule has 0 aliphatic rings. The van der Waals surface area contributed by atoms with Crippen LogP contribution in [0.15, 0.2) is 66.7 Å². The van der Waals surface area contributed by atoms with Gasteiger partial charge in [-0.1, -0.05) is 48.5 Å². The van der Waals surface area contributed by atoms with Crippen LogP contribution in [0.25, 0.3) is 11.3 Å². The van der Waals surface area contributed by atoms with Crippen LogP contribution in [0.2, 0.25) is 0 Å². The first-order valence-electron chi connectivity index (χ1n) is 8.51. The smallest absolute Gasteiger partial charge is 0.253 e. The van der Waals surface area contributed by atoms with Gasteiger partial charge in [-0.25, -0.2) is 0 Å². The van der Waals surface area contributed by atoms with Gasteiger partial charge in [0.2, 0.25) is 5.91 Å². The van der Waals surface area contributed by atoms with Gasteiger partial charge in [-0.05, 0) is 30.7 Å². The zero-order valence-corrected chi connectivity index (χ0v) is 14.6. The molecule has 1 heterocycles. The van der Waals surface area contributed by atoms with Crippen molar-refractivity contribution in [3.8, 4) is 11.3 Å². The van der Waals surface area contributed by atoms with E-state index in [1.54, 1.807) is 0 Å². The maximum absolute atomic E-state index is 12.4. The van der Waals surface area contributed by atoms with Gasteiger partial charge in [0.15, 0.2) is 0 Å². The standard InChI is InChI=1S/C21H21N3O2/c1-15-18(14-19(23-15)16-8-4-2-5-9-16)21(26)22-13-12-20(25)24-17-10-6-3-7-11-17/h2-11,14,23H,12-13H2,1H3,(H,22,26)(H,24,25). The van der Waals surface area contributed by atoms with Crippen molar-refractivity contribution in [2.75, 3.05) is 11.9 Å². The second kappa shape index (κ2) is 8.16. The fourth-order valence-electron chi connectivity index (χ4n) is 2.70. The number of para-hydroxylation sites is 1. The van der Waals surface area contributed by atoms with E-state index in [1.165, 1.54) is 0 Å². The Morgan fingerprint density at radius 1 is 0.962 bits per heavy atom. The number of hydrogen-bond acceptors (Lipinski definition) is 2. The van der Waals surface area contributed by atoms with Crippen molar-refractivity contribution in [1.82, 2.24) is 10.3 Å². The minimum absolute atomic E-state index is 0.132. The van der Waals surface area contributed by atoms with Crippen molar-refractivity contribution >= 4 is 17.5 Å². The molecule has 132 valence electrons. The number of hydrogen-bond donors (Lipinski definition) is 3. The van der Waals surface area contributed by atoms with Gasteiger partial charge in [-0.2, -0.15) is 0 Å². The zero-order valence-electron chi connectivity index (χ0n) is 14.6. The summed E-state index contributed by atoms with van der Waals surface area (Å²) in [7, 11) is 0. The highest BCUT2D eigenvalue weighted by atomic mass is 16.2. The summed E-state index contributed by atoms with van der Waals surface area (Å²) >= 11 is 0. The molecule has 2 amide bonds. The van der Waals surface area contributed by atoms with Crippen molar-refractivity contribution < 1.29 is 9.59 Å². The van der Waals surface area contributed by atoms with Gasteiger partial charge in [0.1, 0.15) is 0 Å². The minimum Gasteiger partial charge on any atom is -0.358 e. The normalized spacial score (nSPS) is 10.3. The molecule has 0 saturated heterocycles. The predicted octanol–water partition coefficient (Wildman–Crippen LogP) is 3.75. The summed E-state index contributed by atoms with van der Waals surface area (Å²) in [6, 6.07) is 20.9. The van der Waals surface area contributed by atoms with Gasteiger partial charge in [-0.15, -0.1) is 0 Å². The van der Waals surface area contributed by atoms with Gasteiger partial charge in [0.05, 0.1) is 5.56 Å². The Bertz CT molecular complexity index is 886. The largest absolute Gasteiger partial charge is 0.358 e. The molecule has 0 saturated carbocycles. The highest BCUT2D eigenvalue weighted by Crippen LogP contribution is 2.21. The molecule has 0 aliphatic heterocycles. The number of anilines is 1. The number of aromatic amines is 1. The number of benzene rings is 2. The third-order valence-electron chi connectivity index (χ3n) is 4.04. The summed E-state index contributed by atoms with van der Waals surface area (Å²) in [5, 5.41) is 5.60. The Morgan fingerprint density at radius 3 is 2.31 bits per heavy atom. The van der Waals surface area contributed by atoms with Crippen LogP contribution in [0.4, 0.5) is 5.69 Å². The fraction of sp³-hybridized carbons (Fsp3) is 0.143. The lowest BCUT2D eigenvalue weighted by Gasteiger charge is -2.06. The number of aromatic nitrogens is 1. The van der Waals surface area contributed by atoms with E-state index in [9.17, 15) is 9.59 Å². The predicted molar refractivity (Wildman–Crippen MR) is 103 cm³/mol. The first-order valence-corrected chi connectivity index (χ1v) is 8.51. The number of aryl methyl sites for hydroxylation is 1. The lowest BCUT2D eigenvalue weighted by atomic mass is 10.1. The molecule has 0 unspecified atom stereocenters. The lowest BCUT2D eigenvalue weighted by Crippen LogP contribution is -2.27. The van der Waals surface area contributed by atoms with Crippen molar-refractivity contribution in [3.05, 3.63) is 78.0 Å². The lowest BCUT2D eigenvalue weighted by molar-refractivity contribution is -0.116. The Kier molecular flexibility index (Phi) is 5.49. The maximum atomic E-state index is 12.4. The van der Waals surface area contributed by atoms with E-state index >= 15 is 0 Å². The molecule has 0 aliphatic carbocycles. The molecular weight excluding hydrogens is 326 g/mol. The molecule has 3 N–H and O–H groups in total. The van der Waals surface area contributed by atoms with Gasteiger partial charge >= 0.3 is 0 Å². The monoisotopic (exact) mass is 347 g/mol.